The predicted octanol–water partition coefficient (Wildman–Crippen LogP) is 1.90. The van der Waals surface area contributed by atoms with E-state index in [4.69, 9.17) is 4.74 Å². The third-order valence-electron chi connectivity index (χ3n) is 4.06. The quantitative estimate of drug-likeness (QED) is 0.801. The van der Waals surface area contributed by atoms with Crippen LogP contribution in [0.15, 0.2) is 0 Å². The van der Waals surface area contributed by atoms with Crippen molar-refractivity contribution in [2.24, 2.45) is 5.92 Å². The molecule has 1 aliphatic rings. The van der Waals surface area contributed by atoms with Gasteiger partial charge in [0, 0.05) is 20.1 Å². The van der Waals surface area contributed by atoms with Crippen molar-refractivity contribution in [1.29, 1.82) is 0 Å². The SMILES string of the molecule is CCC1CCN(C(=O)CCC(C)OC)C(C(=O)O)C1. The Hall–Kier alpha value is -1.10. The molecule has 0 aliphatic carbocycles. The number of carbonyl (C=O) groups excluding carboxylic acids is 1. The molecule has 1 rings (SSSR count). The zero-order chi connectivity index (χ0) is 14.4. The Balaban J connectivity index is 2.59. The van der Waals surface area contributed by atoms with Gasteiger partial charge in [0.05, 0.1) is 6.10 Å². The van der Waals surface area contributed by atoms with Crippen molar-refractivity contribution in [2.75, 3.05) is 13.7 Å². The van der Waals surface area contributed by atoms with E-state index in [2.05, 4.69) is 6.92 Å². The summed E-state index contributed by atoms with van der Waals surface area (Å²) in [5, 5.41) is 9.28. The van der Waals surface area contributed by atoms with Crippen LogP contribution in [0, 0.1) is 5.92 Å². The molecule has 0 aromatic rings. The van der Waals surface area contributed by atoms with E-state index in [9.17, 15) is 14.7 Å². The van der Waals surface area contributed by atoms with Gasteiger partial charge in [-0.15, -0.1) is 0 Å². The summed E-state index contributed by atoms with van der Waals surface area (Å²) in [4.78, 5) is 25.0. The molecular weight excluding hydrogens is 246 g/mol. The highest BCUT2D eigenvalue weighted by atomic mass is 16.5. The number of hydrogen-bond donors (Lipinski definition) is 1. The molecule has 110 valence electrons. The van der Waals surface area contributed by atoms with Crippen molar-refractivity contribution in [2.45, 2.75) is 58.1 Å². The number of aliphatic carboxylic acids is 1. The maximum absolute atomic E-state index is 12.1. The maximum atomic E-state index is 12.1. The summed E-state index contributed by atoms with van der Waals surface area (Å²) >= 11 is 0. The van der Waals surface area contributed by atoms with Crippen LogP contribution in [0.4, 0.5) is 0 Å². The molecule has 5 heteroatoms. The van der Waals surface area contributed by atoms with E-state index in [1.807, 2.05) is 6.92 Å². The van der Waals surface area contributed by atoms with Crippen molar-refractivity contribution in [3.8, 4) is 0 Å². The highest BCUT2D eigenvalue weighted by Crippen LogP contribution is 2.26. The molecule has 1 heterocycles. The number of likely N-dealkylation sites (tertiary alicyclic amines) is 1. The summed E-state index contributed by atoms with van der Waals surface area (Å²) in [7, 11) is 1.61. The van der Waals surface area contributed by atoms with E-state index in [0.29, 0.717) is 31.7 Å². The zero-order valence-corrected chi connectivity index (χ0v) is 12.1. The second-order valence-electron chi connectivity index (χ2n) is 5.32. The molecular formula is C14H25NO4. The van der Waals surface area contributed by atoms with Gasteiger partial charge < -0.3 is 14.7 Å². The van der Waals surface area contributed by atoms with Crippen LogP contribution in [-0.4, -0.2) is 47.7 Å². The maximum Gasteiger partial charge on any atom is 0.326 e. The minimum absolute atomic E-state index is 0.0282. The number of ether oxygens (including phenoxy) is 1. The number of methoxy groups -OCH3 is 1. The summed E-state index contributed by atoms with van der Waals surface area (Å²) in [5.41, 5.74) is 0. The van der Waals surface area contributed by atoms with Gasteiger partial charge in [-0.1, -0.05) is 13.3 Å². The molecule has 3 atom stereocenters. The molecule has 0 spiro atoms. The molecule has 1 aliphatic heterocycles. The van der Waals surface area contributed by atoms with Crippen molar-refractivity contribution in [3.05, 3.63) is 0 Å². The highest BCUT2D eigenvalue weighted by Gasteiger charge is 2.35. The Morgan fingerprint density at radius 3 is 2.68 bits per heavy atom. The van der Waals surface area contributed by atoms with Crippen LogP contribution in [0.5, 0.6) is 0 Å². The standard InChI is InChI=1S/C14H25NO4/c1-4-11-7-8-15(12(9-11)14(17)18)13(16)6-5-10(2)19-3/h10-12H,4-9H2,1-3H3,(H,17,18). The van der Waals surface area contributed by atoms with Crippen LogP contribution in [-0.2, 0) is 14.3 Å². The number of carbonyl (C=O) groups is 2. The van der Waals surface area contributed by atoms with Gasteiger partial charge >= 0.3 is 5.97 Å². The number of carboxylic acids is 1. The molecule has 0 aromatic heterocycles. The second kappa shape index (κ2) is 7.48. The molecule has 5 nitrogen and oxygen atoms in total. The first-order chi connectivity index (χ1) is 8.99. The van der Waals surface area contributed by atoms with Crippen LogP contribution in [0.3, 0.4) is 0 Å². The summed E-state index contributed by atoms with van der Waals surface area (Å²) in [6.45, 7) is 4.54. The van der Waals surface area contributed by atoms with Crippen LogP contribution in [0.2, 0.25) is 0 Å². The molecule has 0 bridgehead atoms. The summed E-state index contributed by atoms with van der Waals surface area (Å²) in [6.07, 6.45) is 3.49. The number of piperidine rings is 1. The largest absolute Gasteiger partial charge is 0.480 e. The van der Waals surface area contributed by atoms with Gasteiger partial charge in [0.2, 0.25) is 5.91 Å². The van der Waals surface area contributed by atoms with Crippen LogP contribution in [0.1, 0.15) is 46.0 Å². The number of carboxylic acid groups (broad SMARTS) is 1. The average molecular weight is 271 g/mol. The Labute approximate surface area is 114 Å². The fourth-order valence-electron chi connectivity index (χ4n) is 2.53. The minimum atomic E-state index is -0.883. The van der Waals surface area contributed by atoms with Crippen LogP contribution >= 0.6 is 0 Å². The normalized spacial score (nSPS) is 25.1. The minimum Gasteiger partial charge on any atom is -0.480 e. The average Bonchev–Trinajstić information content (AvgIpc) is 2.43. The number of nitrogens with zero attached hydrogens (tertiary/aromatic N) is 1. The lowest BCUT2D eigenvalue weighted by Crippen LogP contribution is -2.50. The predicted molar refractivity (Wildman–Crippen MR) is 71.9 cm³/mol. The topological polar surface area (TPSA) is 66.8 Å². The van der Waals surface area contributed by atoms with E-state index < -0.39 is 12.0 Å². The van der Waals surface area contributed by atoms with Gasteiger partial charge in [-0.2, -0.15) is 0 Å². The van der Waals surface area contributed by atoms with E-state index in [1.165, 1.54) is 4.90 Å². The lowest BCUT2D eigenvalue weighted by Gasteiger charge is -2.37. The number of rotatable bonds is 6. The van der Waals surface area contributed by atoms with E-state index in [-0.39, 0.29) is 12.0 Å². The highest BCUT2D eigenvalue weighted by molar-refractivity contribution is 5.83. The summed E-state index contributed by atoms with van der Waals surface area (Å²) in [6, 6.07) is -0.649. The first-order valence-corrected chi connectivity index (χ1v) is 7.04. The van der Waals surface area contributed by atoms with Crippen molar-refractivity contribution < 1.29 is 19.4 Å². The second-order valence-corrected chi connectivity index (χ2v) is 5.32. The molecule has 1 fully saturated rings. The van der Waals surface area contributed by atoms with Gasteiger partial charge in [-0.3, -0.25) is 4.79 Å². The van der Waals surface area contributed by atoms with E-state index in [0.717, 1.165) is 12.8 Å². The van der Waals surface area contributed by atoms with Crippen LogP contribution in [0.25, 0.3) is 0 Å². The summed E-state index contributed by atoms with van der Waals surface area (Å²) < 4.78 is 5.11. The van der Waals surface area contributed by atoms with E-state index >= 15 is 0 Å². The van der Waals surface area contributed by atoms with Gasteiger partial charge in [0.25, 0.3) is 0 Å². The van der Waals surface area contributed by atoms with Gasteiger partial charge in [-0.05, 0) is 32.1 Å². The first-order valence-electron chi connectivity index (χ1n) is 7.04. The fourth-order valence-corrected chi connectivity index (χ4v) is 2.53. The lowest BCUT2D eigenvalue weighted by atomic mass is 9.88. The molecule has 3 unspecified atom stereocenters. The first kappa shape index (κ1) is 16.0. The monoisotopic (exact) mass is 271 g/mol. The molecule has 1 saturated heterocycles. The zero-order valence-electron chi connectivity index (χ0n) is 12.1. The Bertz CT molecular complexity index is 319. The van der Waals surface area contributed by atoms with Gasteiger partial charge in [-0.25, -0.2) is 4.79 Å². The Kier molecular flexibility index (Phi) is 6.28. The Morgan fingerprint density at radius 1 is 1.47 bits per heavy atom. The third kappa shape index (κ3) is 4.49. The van der Waals surface area contributed by atoms with Crippen LogP contribution < -0.4 is 0 Å². The molecule has 0 radical (unpaired) electrons. The lowest BCUT2D eigenvalue weighted by molar-refractivity contribution is -0.153. The van der Waals surface area contributed by atoms with Crippen molar-refractivity contribution >= 4 is 11.9 Å². The third-order valence-corrected chi connectivity index (χ3v) is 4.06. The number of amides is 1. The van der Waals surface area contributed by atoms with Gasteiger partial charge in [0.1, 0.15) is 6.04 Å². The van der Waals surface area contributed by atoms with Crippen molar-refractivity contribution in [3.63, 3.8) is 0 Å². The molecule has 0 aromatic carbocycles. The van der Waals surface area contributed by atoms with Gasteiger partial charge in [0.15, 0.2) is 0 Å². The number of hydrogen-bond acceptors (Lipinski definition) is 3. The fraction of sp³-hybridized carbons (Fsp3) is 0.857. The molecule has 19 heavy (non-hydrogen) atoms. The summed E-state index contributed by atoms with van der Waals surface area (Å²) in [5.74, 6) is -0.528. The molecule has 1 amide bonds. The molecule has 1 N–H and O–H groups in total. The van der Waals surface area contributed by atoms with E-state index in [1.54, 1.807) is 7.11 Å². The smallest absolute Gasteiger partial charge is 0.326 e. The Morgan fingerprint density at radius 2 is 2.16 bits per heavy atom. The molecule has 0 saturated carbocycles. The van der Waals surface area contributed by atoms with Crippen molar-refractivity contribution in [1.82, 2.24) is 4.90 Å².